The Labute approximate surface area is 95.0 Å². The van der Waals surface area contributed by atoms with Crippen molar-refractivity contribution in [3.63, 3.8) is 0 Å². The molecule has 0 bridgehead atoms. The third-order valence-electron chi connectivity index (χ3n) is 2.97. The Balaban J connectivity index is 4.12. The summed E-state index contributed by atoms with van der Waals surface area (Å²) in [6, 6.07) is 0. The van der Waals surface area contributed by atoms with Crippen LogP contribution in [0.1, 0.15) is 65.7 Å². The van der Waals surface area contributed by atoms with Crippen LogP contribution in [0.5, 0.6) is 0 Å². The van der Waals surface area contributed by atoms with Crippen LogP contribution < -0.4 is 0 Å². The van der Waals surface area contributed by atoms with Gasteiger partial charge < -0.3 is 0 Å². The predicted octanol–water partition coefficient (Wildman–Crippen LogP) is 4.52. The number of Topliss-reactive ketones (excluding diaryl/α,β-unsaturated/α-hetero) is 1. The molecule has 1 heteroatoms. The van der Waals surface area contributed by atoms with Gasteiger partial charge in [0.25, 0.3) is 0 Å². The van der Waals surface area contributed by atoms with Gasteiger partial charge in [-0.1, -0.05) is 53.0 Å². The Morgan fingerprint density at radius 1 is 1.07 bits per heavy atom. The van der Waals surface area contributed by atoms with Crippen molar-refractivity contribution in [1.29, 1.82) is 0 Å². The molecule has 0 saturated heterocycles. The third-order valence-corrected chi connectivity index (χ3v) is 2.97. The lowest BCUT2D eigenvalue weighted by Gasteiger charge is -2.17. The molecular formula is C14H26O. The second-order valence-corrected chi connectivity index (χ2v) is 4.28. The number of unbranched alkanes of at least 4 members (excludes halogenated alkanes) is 2. The van der Waals surface area contributed by atoms with Crippen LogP contribution in [0.4, 0.5) is 0 Å². The van der Waals surface area contributed by atoms with Crippen molar-refractivity contribution in [2.24, 2.45) is 5.92 Å². The van der Waals surface area contributed by atoms with Gasteiger partial charge in [-0.25, -0.2) is 0 Å². The Bertz CT molecular complexity index is 194. The molecule has 1 atom stereocenters. The molecule has 0 fully saturated rings. The normalized spacial score (nSPS) is 12.5. The Morgan fingerprint density at radius 3 is 2.20 bits per heavy atom. The van der Waals surface area contributed by atoms with Gasteiger partial charge in [-0.3, -0.25) is 4.79 Å². The maximum absolute atomic E-state index is 11.6. The minimum Gasteiger partial charge on any atom is -0.295 e. The van der Waals surface area contributed by atoms with Crippen LogP contribution in [0.25, 0.3) is 0 Å². The topological polar surface area (TPSA) is 17.1 Å². The fourth-order valence-corrected chi connectivity index (χ4v) is 1.94. The zero-order valence-electron chi connectivity index (χ0n) is 10.6. The highest BCUT2D eigenvalue weighted by Gasteiger charge is 2.16. The molecule has 0 rings (SSSR count). The first kappa shape index (κ1) is 14.4. The lowest BCUT2D eigenvalue weighted by molar-refractivity contribution is -0.115. The summed E-state index contributed by atoms with van der Waals surface area (Å²) in [5.41, 5.74) is 0.871. The number of hydrogen-bond acceptors (Lipinski definition) is 1. The van der Waals surface area contributed by atoms with Gasteiger partial charge in [-0.15, -0.1) is 0 Å². The van der Waals surface area contributed by atoms with Gasteiger partial charge in [0.2, 0.25) is 0 Å². The van der Waals surface area contributed by atoms with E-state index >= 15 is 0 Å². The lowest BCUT2D eigenvalue weighted by Crippen LogP contribution is -2.11. The summed E-state index contributed by atoms with van der Waals surface area (Å²) in [6.07, 6.45) is 7.76. The monoisotopic (exact) mass is 210 g/mol. The predicted molar refractivity (Wildman–Crippen MR) is 67.0 cm³/mol. The van der Waals surface area contributed by atoms with Gasteiger partial charge in [-0.05, 0) is 24.3 Å². The zero-order chi connectivity index (χ0) is 11.7. The molecule has 0 saturated carbocycles. The highest BCUT2D eigenvalue weighted by molar-refractivity contribution is 5.94. The van der Waals surface area contributed by atoms with Gasteiger partial charge in [0.15, 0.2) is 5.78 Å². The molecule has 1 unspecified atom stereocenters. The lowest BCUT2D eigenvalue weighted by atomic mass is 9.87. The van der Waals surface area contributed by atoms with Crippen LogP contribution in [0.2, 0.25) is 0 Å². The van der Waals surface area contributed by atoms with Crippen LogP contribution in [-0.4, -0.2) is 5.78 Å². The van der Waals surface area contributed by atoms with Crippen molar-refractivity contribution >= 4 is 5.78 Å². The van der Waals surface area contributed by atoms with Gasteiger partial charge in [-0.2, -0.15) is 0 Å². The molecule has 0 aliphatic rings. The van der Waals surface area contributed by atoms with Crippen molar-refractivity contribution in [2.75, 3.05) is 0 Å². The molecule has 0 aromatic rings. The second-order valence-electron chi connectivity index (χ2n) is 4.28. The molecule has 0 aromatic carbocycles. The Morgan fingerprint density at radius 2 is 1.73 bits per heavy atom. The highest BCUT2D eigenvalue weighted by Crippen LogP contribution is 2.24. The van der Waals surface area contributed by atoms with Gasteiger partial charge in [0.05, 0.1) is 0 Å². The molecule has 0 aliphatic heterocycles. The van der Waals surface area contributed by atoms with Crippen molar-refractivity contribution in [3.05, 3.63) is 12.2 Å². The molecular weight excluding hydrogens is 184 g/mol. The standard InChI is InChI=1S/C14H26O/c1-5-8-9-11-13(10-6-2)12(4)14(15)7-3/h13H,4-11H2,1-3H3. The summed E-state index contributed by atoms with van der Waals surface area (Å²) in [7, 11) is 0. The quantitative estimate of drug-likeness (QED) is 0.404. The highest BCUT2D eigenvalue weighted by atomic mass is 16.1. The smallest absolute Gasteiger partial charge is 0.158 e. The molecule has 88 valence electrons. The molecule has 0 aliphatic carbocycles. The molecule has 0 heterocycles. The van der Waals surface area contributed by atoms with Gasteiger partial charge >= 0.3 is 0 Å². The fourth-order valence-electron chi connectivity index (χ4n) is 1.94. The van der Waals surface area contributed by atoms with E-state index < -0.39 is 0 Å². The molecule has 0 aromatic heterocycles. The molecule has 15 heavy (non-hydrogen) atoms. The largest absolute Gasteiger partial charge is 0.295 e. The third kappa shape index (κ3) is 5.76. The van der Waals surface area contributed by atoms with Crippen LogP contribution in [-0.2, 0) is 4.79 Å². The summed E-state index contributed by atoms with van der Waals surface area (Å²) < 4.78 is 0. The number of carbonyl (C=O) groups excluding carboxylic acids is 1. The van der Waals surface area contributed by atoms with Crippen molar-refractivity contribution in [2.45, 2.75) is 65.7 Å². The molecule has 1 nitrogen and oxygen atoms in total. The van der Waals surface area contributed by atoms with E-state index in [4.69, 9.17) is 0 Å². The second kappa shape index (κ2) is 8.70. The summed E-state index contributed by atoms with van der Waals surface area (Å²) in [5.74, 6) is 0.693. The zero-order valence-corrected chi connectivity index (χ0v) is 10.6. The molecule has 0 spiro atoms. The molecule has 0 N–H and O–H groups in total. The SMILES string of the molecule is C=C(C(=O)CC)C(CCC)CCCCC. The summed E-state index contributed by atoms with van der Waals surface area (Å²) >= 11 is 0. The van der Waals surface area contributed by atoms with Crippen LogP contribution in [0.15, 0.2) is 12.2 Å². The van der Waals surface area contributed by atoms with Crippen molar-refractivity contribution in [1.82, 2.24) is 0 Å². The maximum Gasteiger partial charge on any atom is 0.158 e. The van der Waals surface area contributed by atoms with E-state index in [0.29, 0.717) is 12.3 Å². The Kier molecular flexibility index (Phi) is 8.35. The number of hydrogen-bond donors (Lipinski definition) is 0. The first-order valence-corrected chi connectivity index (χ1v) is 6.39. The summed E-state index contributed by atoms with van der Waals surface area (Å²) in [4.78, 5) is 11.6. The van der Waals surface area contributed by atoms with Gasteiger partial charge in [0.1, 0.15) is 0 Å². The molecule has 0 amide bonds. The van der Waals surface area contributed by atoms with E-state index in [2.05, 4.69) is 20.4 Å². The minimum absolute atomic E-state index is 0.255. The number of rotatable bonds is 9. The first-order chi connectivity index (χ1) is 7.17. The average Bonchev–Trinajstić information content (AvgIpc) is 2.26. The summed E-state index contributed by atoms with van der Waals surface area (Å²) in [6.45, 7) is 10.3. The average molecular weight is 210 g/mol. The van der Waals surface area contributed by atoms with E-state index in [1.54, 1.807) is 0 Å². The minimum atomic E-state index is 0.255. The number of allylic oxidation sites excluding steroid dienone is 1. The number of ketones is 1. The van der Waals surface area contributed by atoms with Crippen molar-refractivity contribution in [3.8, 4) is 0 Å². The van der Waals surface area contributed by atoms with Crippen LogP contribution >= 0.6 is 0 Å². The number of carbonyl (C=O) groups is 1. The van der Waals surface area contributed by atoms with Crippen molar-refractivity contribution < 1.29 is 4.79 Å². The first-order valence-electron chi connectivity index (χ1n) is 6.39. The van der Waals surface area contributed by atoms with E-state index in [1.165, 1.54) is 19.3 Å². The van der Waals surface area contributed by atoms with E-state index in [-0.39, 0.29) is 5.78 Å². The van der Waals surface area contributed by atoms with E-state index in [0.717, 1.165) is 24.8 Å². The van der Waals surface area contributed by atoms with E-state index in [1.807, 2.05) is 6.92 Å². The maximum atomic E-state index is 11.6. The Hall–Kier alpha value is -0.590. The van der Waals surface area contributed by atoms with Gasteiger partial charge in [0, 0.05) is 6.42 Å². The fraction of sp³-hybridized carbons (Fsp3) is 0.786. The van der Waals surface area contributed by atoms with Crippen LogP contribution in [0, 0.1) is 5.92 Å². The molecule has 0 radical (unpaired) electrons. The summed E-state index contributed by atoms with van der Waals surface area (Å²) in [5, 5.41) is 0. The van der Waals surface area contributed by atoms with Crippen LogP contribution in [0.3, 0.4) is 0 Å². The van der Waals surface area contributed by atoms with E-state index in [9.17, 15) is 4.79 Å².